The summed E-state index contributed by atoms with van der Waals surface area (Å²) in [7, 11) is 1.87. The largest absolute Gasteiger partial charge is 0.461 e. The highest BCUT2D eigenvalue weighted by molar-refractivity contribution is 8.00. The van der Waals surface area contributed by atoms with Gasteiger partial charge in [-0.3, -0.25) is 9.69 Å². The Balaban J connectivity index is 1.66. The average Bonchev–Trinajstić information content (AvgIpc) is 3.07. The molecule has 0 aromatic heterocycles. The van der Waals surface area contributed by atoms with Crippen molar-refractivity contribution in [2.24, 2.45) is 4.99 Å². The Morgan fingerprint density at radius 3 is 2.89 bits per heavy atom. The van der Waals surface area contributed by atoms with Gasteiger partial charge in [-0.1, -0.05) is 36.9 Å². The van der Waals surface area contributed by atoms with Crippen LogP contribution in [-0.2, 0) is 20.8 Å². The van der Waals surface area contributed by atoms with Crippen LogP contribution in [0.3, 0.4) is 0 Å². The lowest BCUT2D eigenvalue weighted by Crippen LogP contribution is -2.35. The monoisotopic (exact) mass is 391 g/mol. The Hall–Kier alpha value is -2.16. The van der Waals surface area contributed by atoms with Crippen LogP contribution in [0.4, 0.5) is 4.79 Å². The highest BCUT2D eigenvalue weighted by Gasteiger charge is 2.28. The fraction of sp³-hybridized carbons (Fsp3) is 0.421. The van der Waals surface area contributed by atoms with Crippen LogP contribution in [0.1, 0.15) is 12.5 Å². The van der Waals surface area contributed by atoms with Gasteiger partial charge in [0.25, 0.3) is 0 Å². The standard InChI is InChI=1S/C19H25N3O4S/c1-4-14(2)20-19(24)21-16-13-27-18(26-16)12-25-17(23)11-22(3)10-15-8-6-5-7-9-15/h4-9,16,18H,1,10-13H2,2-3H3,(H,21,24)/b20-14+. The normalized spacial score (nSPS) is 19.7. The Bertz CT molecular complexity index is 681. The minimum absolute atomic E-state index is 0.143. The van der Waals surface area contributed by atoms with E-state index < -0.39 is 12.3 Å². The van der Waals surface area contributed by atoms with Crippen LogP contribution in [0.2, 0.25) is 0 Å². The predicted molar refractivity (Wildman–Crippen MR) is 107 cm³/mol. The number of carbonyl (C=O) groups excluding carboxylic acids is 2. The van der Waals surface area contributed by atoms with Crippen molar-refractivity contribution in [1.29, 1.82) is 0 Å². The van der Waals surface area contributed by atoms with Gasteiger partial charge in [0.1, 0.15) is 18.3 Å². The molecule has 1 aliphatic rings. The summed E-state index contributed by atoms with van der Waals surface area (Å²) in [5, 5.41) is 2.66. The first-order valence-electron chi connectivity index (χ1n) is 8.59. The number of aliphatic imine (C=N–C) groups is 1. The van der Waals surface area contributed by atoms with E-state index in [0.29, 0.717) is 18.0 Å². The van der Waals surface area contributed by atoms with Crippen LogP contribution in [0, 0.1) is 0 Å². The van der Waals surface area contributed by atoms with Crippen molar-refractivity contribution in [2.45, 2.75) is 25.1 Å². The minimum Gasteiger partial charge on any atom is -0.461 e. The molecule has 27 heavy (non-hydrogen) atoms. The molecule has 0 saturated carbocycles. The maximum absolute atomic E-state index is 12.0. The fourth-order valence-electron chi connectivity index (χ4n) is 2.37. The zero-order valence-corrected chi connectivity index (χ0v) is 16.4. The molecule has 2 unspecified atom stereocenters. The number of hydrogen-bond donors (Lipinski definition) is 1. The van der Waals surface area contributed by atoms with Crippen LogP contribution in [-0.4, -0.2) is 60.2 Å². The van der Waals surface area contributed by atoms with Gasteiger partial charge in [0.05, 0.1) is 6.54 Å². The molecule has 7 nitrogen and oxygen atoms in total. The van der Waals surface area contributed by atoms with E-state index >= 15 is 0 Å². The summed E-state index contributed by atoms with van der Waals surface area (Å²) in [6.45, 7) is 6.24. The molecule has 146 valence electrons. The summed E-state index contributed by atoms with van der Waals surface area (Å²) in [4.78, 5) is 29.4. The smallest absolute Gasteiger partial charge is 0.343 e. The molecule has 2 amide bonds. The fourth-order valence-corrected chi connectivity index (χ4v) is 3.30. The Morgan fingerprint density at radius 1 is 1.44 bits per heavy atom. The molecular formula is C19H25N3O4S. The van der Waals surface area contributed by atoms with Crippen molar-refractivity contribution >= 4 is 29.5 Å². The van der Waals surface area contributed by atoms with E-state index in [-0.39, 0.29) is 24.6 Å². The number of carbonyl (C=O) groups is 2. The molecule has 1 aromatic rings. The van der Waals surface area contributed by atoms with Crippen LogP contribution < -0.4 is 5.32 Å². The topological polar surface area (TPSA) is 80.2 Å². The van der Waals surface area contributed by atoms with Crippen molar-refractivity contribution in [1.82, 2.24) is 10.2 Å². The van der Waals surface area contributed by atoms with Crippen molar-refractivity contribution < 1.29 is 19.1 Å². The summed E-state index contributed by atoms with van der Waals surface area (Å²) in [6.07, 6.45) is 1.05. The number of benzene rings is 1. The molecule has 0 radical (unpaired) electrons. The van der Waals surface area contributed by atoms with Crippen molar-refractivity contribution in [3.8, 4) is 0 Å². The van der Waals surface area contributed by atoms with E-state index in [1.807, 2.05) is 42.3 Å². The third-order valence-electron chi connectivity index (χ3n) is 3.68. The maximum Gasteiger partial charge on any atom is 0.343 e. The SMILES string of the molecule is C=C/C(C)=N/C(=O)NC1CSC(COC(=O)CN(C)Cc2ccccc2)O1. The molecule has 1 saturated heterocycles. The first kappa shape index (κ1) is 21.1. The maximum atomic E-state index is 12.0. The number of allylic oxidation sites excluding steroid dienone is 1. The molecule has 2 rings (SSSR count). The molecule has 0 aliphatic carbocycles. The lowest BCUT2D eigenvalue weighted by Gasteiger charge is -2.17. The van der Waals surface area contributed by atoms with Gasteiger partial charge < -0.3 is 14.8 Å². The molecule has 8 heteroatoms. The molecule has 1 fully saturated rings. The van der Waals surface area contributed by atoms with Gasteiger partial charge in [-0.05, 0) is 25.6 Å². The summed E-state index contributed by atoms with van der Waals surface area (Å²) < 4.78 is 10.9. The second kappa shape index (κ2) is 10.9. The molecule has 0 bridgehead atoms. The number of hydrogen-bond acceptors (Lipinski definition) is 6. The van der Waals surface area contributed by atoms with Gasteiger partial charge in [0, 0.05) is 18.0 Å². The van der Waals surface area contributed by atoms with E-state index in [4.69, 9.17) is 9.47 Å². The third-order valence-corrected chi connectivity index (χ3v) is 4.80. The summed E-state index contributed by atoms with van der Waals surface area (Å²) in [6, 6.07) is 9.45. The Kier molecular flexibility index (Phi) is 8.50. The third kappa shape index (κ3) is 7.94. The average molecular weight is 391 g/mol. The molecule has 2 atom stereocenters. The van der Waals surface area contributed by atoms with Crippen LogP contribution in [0.15, 0.2) is 48.0 Å². The first-order chi connectivity index (χ1) is 13.0. The Labute approximate surface area is 163 Å². The molecule has 1 heterocycles. The number of thioether (sulfide) groups is 1. The summed E-state index contributed by atoms with van der Waals surface area (Å²) >= 11 is 1.48. The lowest BCUT2D eigenvalue weighted by molar-refractivity contribution is -0.147. The number of rotatable bonds is 8. The molecule has 0 spiro atoms. The van der Waals surface area contributed by atoms with E-state index in [1.54, 1.807) is 6.92 Å². The van der Waals surface area contributed by atoms with E-state index in [1.165, 1.54) is 17.8 Å². The van der Waals surface area contributed by atoms with Gasteiger partial charge in [-0.2, -0.15) is 4.99 Å². The Morgan fingerprint density at radius 2 is 2.19 bits per heavy atom. The second-order valence-corrected chi connectivity index (χ2v) is 7.33. The van der Waals surface area contributed by atoms with Crippen molar-refractivity contribution in [2.75, 3.05) is 26.0 Å². The van der Waals surface area contributed by atoms with Crippen LogP contribution >= 0.6 is 11.8 Å². The molecule has 1 aliphatic heterocycles. The first-order valence-corrected chi connectivity index (χ1v) is 9.64. The van der Waals surface area contributed by atoms with E-state index in [2.05, 4.69) is 16.9 Å². The van der Waals surface area contributed by atoms with Crippen LogP contribution in [0.5, 0.6) is 0 Å². The minimum atomic E-state index is -0.474. The van der Waals surface area contributed by atoms with Gasteiger partial charge in [-0.15, -0.1) is 11.8 Å². The second-order valence-electron chi connectivity index (χ2n) is 6.14. The molecule has 1 N–H and O–H groups in total. The summed E-state index contributed by atoms with van der Waals surface area (Å²) in [5.41, 5.74) is 1.36. The predicted octanol–water partition coefficient (Wildman–Crippen LogP) is 2.43. The molecule has 1 aromatic carbocycles. The van der Waals surface area contributed by atoms with Crippen molar-refractivity contribution in [3.05, 3.63) is 48.6 Å². The molecular weight excluding hydrogens is 366 g/mol. The van der Waals surface area contributed by atoms with Crippen molar-refractivity contribution in [3.63, 3.8) is 0 Å². The number of ether oxygens (including phenoxy) is 2. The van der Waals surface area contributed by atoms with Gasteiger partial charge in [0.15, 0.2) is 0 Å². The number of esters is 1. The van der Waals surface area contributed by atoms with E-state index in [9.17, 15) is 9.59 Å². The van der Waals surface area contributed by atoms with Gasteiger partial charge in [-0.25, -0.2) is 4.79 Å². The van der Waals surface area contributed by atoms with Crippen LogP contribution in [0.25, 0.3) is 0 Å². The number of likely N-dealkylation sites (N-methyl/N-ethyl adjacent to an activating group) is 1. The number of urea groups is 1. The summed E-state index contributed by atoms with van der Waals surface area (Å²) in [5.74, 6) is 0.265. The zero-order chi connectivity index (χ0) is 19.6. The zero-order valence-electron chi connectivity index (χ0n) is 15.6. The highest BCUT2D eigenvalue weighted by Crippen LogP contribution is 2.24. The number of nitrogens with zero attached hydrogens (tertiary/aromatic N) is 2. The quantitative estimate of drug-likeness (QED) is 0.542. The highest BCUT2D eigenvalue weighted by atomic mass is 32.2. The van der Waals surface area contributed by atoms with Gasteiger partial charge >= 0.3 is 12.0 Å². The van der Waals surface area contributed by atoms with E-state index in [0.717, 1.165) is 5.56 Å². The van der Waals surface area contributed by atoms with Gasteiger partial charge in [0.2, 0.25) is 0 Å². The number of amides is 2. The number of nitrogens with one attached hydrogen (secondary N) is 1. The lowest BCUT2D eigenvalue weighted by atomic mass is 10.2.